The average Bonchev–Trinajstić information content (AvgIpc) is 1.97. The largest absolute Gasteiger partial charge is 0.392 e. The van der Waals surface area contributed by atoms with Crippen LogP contribution < -0.4 is 5.32 Å². The van der Waals surface area contributed by atoms with Gasteiger partial charge in [-0.2, -0.15) is 0 Å². The Morgan fingerprint density at radius 2 is 1.44 bits per heavy atom. The Bertz CT molecular complexity index is 77.1. The minimum Gasteiger partial charge on any atom is -0.392 e. The van der Waals surface area contributed by atoms with Gasteiger partial charge in [-0.3, -0.25) is 0 Å². The molecule has 9 heavy (non-hydrogen) atoms. The van der Waals surface area contributed by atoms with Crippen molar-refractivity contribution in [1.82, 2.24) is 5.32 Å². The number of aliphatic hydroxyl groups is 2. The summed E-state index contributed by atoms with van der Waals surface area (Å²) >= 11 is 0. The van der Waals surface area contributed by atoms with Crippen molar-refractivity contribution in [3.05, 3.63) is 0 Å². The zero-order valence-electron chi connectivity index (χ0n) is 5.38. The van der Waals surface area contributed by atoms with Gasteiger partial charge in [0, 0.05) is 13.1 Å². The molecule has 1 aliphatic rings. The third-order valence-electron chi connectivity index (χ3n) is 1.59. The highest BCUT2D eigenvalue weighted by Crippen LogP contribution is 2.03. The van der Waals surface area contributed by atoms with Crippen LogP contribution in [0.1, 0.15) is 12.8 Å². The fraction of sp³-hybridized carbons (Fsp3) is 1.00. The molecule has 0 saturated carbocycles. The van der Waals surface area contributed by atoms with E-state index in [0.29, 0.717) is 25.9 Å². The second-order valence-electron chi connectivity index (χ2n) is 2.54. The van der Waals surface area contributed by atoms with E-state index in [9.17, 15) is 0 Å². The molecule has 0 aliphatic carbocycles. The van der Waals surface area contributed by atoms with Crippen LogP contribution in [-0.4, -0.2) is 35.5 Å². The number of rotatable bonds is 0. The second kappa shape index (κ2) is 3.15. The SMILES string of the molecule is OC1CC[C@H](O)CNC1. The van der Waals surface area contributed by atoms with Crippen molar-refractivity contribution in [3.8, 4) is 0 Å². The van der Waals surface area contributed by atoms with E-state index in [4.69, 9.17) is 10.2 Å². The average molecular weight is 131 g/mol. The lowest BCUT2D eigenvalue weighted by Gasteiger charge is -2.03. The first kappa shape index (κ1) is 6.99. The molecule has 0 aromatic rings. The molecule has 1 rings (SSSR count). The first-order valence-corrected chi connectivity index (χ1v) is 3.36. The maximum Gasteiger partial charge on any atom is 0.0665 e. The maximum atomic E-state index is 9.03. The summed E-state index contributed by atoms with van der Waals surface area (Å²) in [7, 11) is 0. The second-order valence-corrected chi connectivity index (χ2v) is 2.54. The van der Waals surface area contributed by atoms with Crippen LogP contribution in [0.4, 0.5) is 0 Å². The molecule has 1 fully saturated rings. The molecule has 1 saturated heterocycles. The normalized spacial score (nSPS) is 38.0. The molecule has 0 bridgehead atoms. The zero-order valence-corrected chi connectivity index (χ0v) is 5.38. The van der Waals surface area contributed by atoms with Crippen molar-refractivity contribution in [1.29, 1.82) is 0 Å². The van der Waals surface area contributed by atoms with E-state index in [1.54, 1.807) is 0 Å². The molecule has 0 spiro atoms. The number of hydrogen-bond acceptors (Lipinski definition) is 3. The third kappa shape index (κ3) is 2.30. The Morgan fingerprint density at radius 3 is 1.89 bits per heavy atom. The molecule has 3 heteroatoms. The van der Waals surface area contributed by atoms with Crippen molar-refractivity contribution in [2.75, 3.05) is 13.1 Å². The maximum absolute atomic E-state index is 9.03. The summed E-state index contributed by atoms with van der Waals surface area (Å²) in [6.45, 7) is 1.24. The first-order chi connectivity index (χ1) is 4.29. The summed E-state index contributed by atoms with van der Waals surface area (Å²) in [4.78, 5) is 0. The molecule has 1 heterocycles. The highest BCUT2D eigenvalue weighted by Gasteiger charge is 2.13. The highest BCUT2D eigenvalue weighted by atomic mass is 16.3. The van der Waals surface area contributed by atoms with Crippen molar-refractivity contribution in [3.63, 3.8) is 0 Å². The van der Waals surface area contributed by atoms with E-state index in [-0.39, 0.29) is 12.2 Å². The molecule has 1 unspecified atom stereocenters. The Hall–Kier alpha value is -0.120. The Balaban J connectivity index is 2.25. The molecule has 54 valence electrons. The molecular formula is C6H13NO2. The van der Waals surface area contributed by atoms with Gasteiger partial charge in [0.25, 0.3) is 0 Å². The molecule has 0 amide bonds. The fourth-order valence-corrected chi connectivity index (χ4v) is 1.01. The molecule has 1 aliphatic heterocycles. The Labute approximate surface area is 54.7 Å². The number of aliphatic hydroxyl groups excluding tert-OH is 2. The van der Waals surface area contributed by atoms with Crippen molar-refractivity contribution >= 4 is 0 Å². The zero-order chi connectivity index (χ0) is 6.69. The lowest BCUT2D eigenvalue weighted by molar-refractivity contribution is 0.144. The minimum absolute atomic E-state index is 0.262. The Kier molecular flexibility index (Phi) is 2.45. The van der Waals surface area contributed by atoms with E-state index < -0.39 is 0 Å². The molecule has 3 nitrogen and oxygen atoms in total. The van der Waals surface area contributed by atoms with Gasteiger partial charge in [0.1, 0.15) is 0 Å². The van der Waals surface area contributed by atoms with Crippen LogP contribution in [0.2, 0.25) is 0 Å². The molecular weight excluding hydrogens is 118 g/mol. The summed E-state index contributed by atoms with van der Waals surface area (Å²) in [5, 5.41) is 21.0. The number of nitrogens with one attached hydrogen (secondary N) is 1. The summed E-state index contributed by atoms with van der Waals surface area (Å²) in [5.41, 5.74) is 0. The molecule has 0 aromatic heterocycles. The van der Waals surface area contributed by atoms with Gasteiger partial charge in [0.2, 0.25) is 0 Å². The smallest absolute Gasteiger partial charge is 0.0665 e. The number of hydrogen-bond donors (Lipinski definition) is 3. The molecule has 3 N–H and O–H groups in total. The van der Waals surface area contributed by atoms with Crippen molar-refractivity contribution < 1.29 is 10.2 Å². The van der Waals surface area contributed by atoms with Gasteiger partial charge >= 0.3 is 0 Å². The van der Waals surface area contributed by atoms with Crippen LogP contribution in [0, 0.1) is 0 Å². The van der Waals surface area contributed by atoms with Gasteiger partial charge in [-0.05, 0) is 12.8 Å². The van der Waals surface area contributed by atoms with Crippen LogP contribution in [-0.2, 0) is 0 Å². The predicted molar refractivity (Wildman–Crippen MR) is 34.1 cm³/mol. The van der Waals surface area contributed by atoms with E-state index in [1.807, 2.05) is 0 Å². The predicted octanol–water partition coefficient (Wildman–Crippen LogP) is -0.908. The topological polar surface area (TPSA) is 52.5 Å². The number of β-amino-alcohol motifs (C(OH)–C–C–N with tert-alkyl or cyclic N) is 2. The van der Waals surface area contributed by atoms with E-state index in [2.05, 4.69) is 5.32 Å². The van der Waals surface area contributed by atoms with Crippen LogP contribution in [0.5, 0.6) is 0 Å². The van der Waals surface area contributed by atoms with E-state index in [1.165, 1.54) is 0 Å². The molecule has 2 atom stereocenters. The standard InChI is InChI=1S/C6H13NO2/c8-5-1-2-6(9)4-7-3-5/h5-9H,1-4H2/t5-,6?/m0/s1. The molecule has 0 radical (unpaired) electrons. The molecule has 0 aromatic carbocycles. The van der Waals surface area contributed by atoms with Crippen LogP contribution in [0.3, 0.4) is 0 Å². The third-order valence-corrected chi connectivity index (χ3v) is 1.59. The van der Waals surface area contributed by atoms with Gasteiger partial charge in [-0.1, -0.05) is 0 Å². The van der Waals surface area contributed by atoms with E-state index >= 15 is 0 Å². The fourth-order valence-electron chi connectivity index (χ4n) is 1.01. The van der Waals surface area contributed by atoms with Gasteiger partial charge in [0.05, 0.1) is 12.2 Å². The van der Waals surface area contributed by atoms with Gasteiger partial charge in [-0.25, -0.2) is 0 Å². The summed E-state index contributed by atoms with van der Waals surface area (Å²) in [6.07, 6.45) is 0.909. The summed E-state index contributed by atoms with van der Waals surface area (Å²) < 4.78 is 0. The van der Waals surface area contributed by atoms with Gasteiger partial charge in [-0.15, -0.1) is 0 Å². The van der Waals surface area contributed by atoms with Gasteiger partial charge in [0.15, 0.2) is 0 Å². The van der Waals surface area contributed by atoms with Crippen LogP contribution in [0.15, 0.2) is 0 Å². The minimum atomic E-state index is -0.262. The monoisotopic (exact) mass is 131 g/mol. The van der Waals surface area contributed by atoms with Crippen LogP contribution >= 0.6 is 0 Å². The van der Waals surface area contributed by atoms with E-state index in [0.717, 1.165) is 0 Å². The van der Waals surface area contributed by atoms with Crippen LogP contribution in [0.25, 0.3) is 0 Å². The van der Waals surface area contributed by atoms with Crippen molar-refractivity contribution in [2.24, 2.45) is 0 Å². The lowest BCUT2D eigenvalue weighted by atomic mass is 10.1. The first-order valence-electron chi connectivity index (χ1n) is 3.36. The van der Waals surface area contributed by atoms with Crippen molar-refractivity contribution in [2.45, 2.75) is 25.0 Å². The highest BCUT2D eigenvalue weighted by molar-refractivity contribution is 4.70. The summed E-state index contributed by atoms with van der Waals surface area (Å²) in [6, 6.07) is 0. The van der Waals surface area contributed by atoms with Gasteiger partial charge < -0.3 is 15.5 Å². The Morgan fingerprint density at radius 1 is 1.00 bits per heavy atom. The lowest BCUT2D eigenvalue weighted by Crippen LogP contribution is -2.27. The summed E-state index contributed by atoms with van der Waals surface area (Å²) in [5.74, 6) is 0. The quantitative estimate of drug-likeness (QED) is 0.399.